The number of benzene rings is 3. The van der Waals surface area contributed by atoms with Gasteiger partial charge in [-0.1, -0.05) is 51.8 Å². The van der Waals surface area contributed by atoms with Crippen molar-refractivity contribution >= 4 is 61.2 Å². The normalized spacial score (nSPS) is 11.1. The van der Waals surface area contributed by atoms with Gasteiger partial charge in [-0.05, 0) is 73.0 Å². The average molecular weight is 562 g/mol. The van der Waals surface area contributed by atoms with E-state index in [9.17, 15) is 9.59 Å². The van der Waals surface area contributed by atoms with Gasteiger partial charge in [0.05, 0.1) is 16.9 Å². The molecule has 8 heteroatoms. The van der Waals surface area contributed by atoms with Gasteiger partial charge in [0.1, 0.15) is 0 Å². The van der Waals surface area contributed by atoms with Crippen LogP contribution in [0.4, 0.5) is 0 Å². The number of pyridine rings is 1. The molecular formula is C28H22BrClN4O2. The van der Waals surface area contributed by atoms with Crippen LogP contribution < -0.4 is 10.9 Å². The summed E-state index contributed by atoms with van der Waals surface area (Å²) in [6, 6.07) is 24.7. The summed E-state index contributed by atoms with van der Waals surface area (Å²) in [6.45, 7) is 0. The number of carbonyl (C=O) groups excluding carboxylic acids is 2. The number of nitrogens with one attached hydrogen (secondary N) is 3. The van der Waals surface area contributed by atoms with Crippen molar-refractivity contribution < 1.29 is 9.59 Å². The van der Waals surface area contributed by atoms with Gasteiger partial charge in [-0.3, -0.25) is 20.4 Å². The van der Waals surface area contributed by atoms with E-state index in [1.807, 2.05) is 48.5 Å². The van der Waals surface area contributed by atoms with E-state index in [0.29, 0.717) is 23.4 Å². The van der Waals surface area contributed by atoms with Crippen LogP contribution in [0.25, 0.3) is 33.2 Å². The predicted molar refractivity (Wildman–Crippen MR) is 147 cm³/mol. The molecule has 180 valence electrons. The second kappa shape index (κ2) is 10.5. The van der Waals surface area contributed by atoms with E-state index in [1.165, 1.54) is 0 Å². The summed E-state index contributed by atoms with van der Waals surface area (Å²) in [6.07, 6.45) is 1.47. The van der Waals surface area contributed by atoms with Gasteiger partial charge in [-0.25, -0.2) is 4.98 Å². The number of amides is 2. The molecule has 0 saturated heterocycles. The van der Waals surface area contributed by atoms with E-state index in [0.717, 1.165) is 43.2 Å². The summed E-state index contributed by atoms with van der Waals surface area (Å²) in [5, 5.41) is 2.73. The van der Waals surface area contributed by atoms with Crippen LogP contribution in [0.5, 0.6) is 0 Å². The maximum atomic E-state index is 12.4. The maximum Gasteiger partial charge on any atom is 0.269 e. The lowest BCUT2D eigenvalue weighted by Gasteiger charge is -2.09. The third kappa shape index (κ3) is 5.27. The number of nitrogens with zero attached hydrogens (tertiary/aromatic N) is 1. The number of carbonyl (C=O) groups is 2. The number of para-hydroxylation sites is 1. The highest BCUT2D eigenvalue weighted by Crippen LogP contribution is 2.33. The molecule has 2 amide bonds. The second-order valence-corrected chi connectivity index (χ2v) is 9.77. The monoisotopic (exact) mass is 560 g/mol. The van der Waals surface area contributed by atoms with Crippen molar-refractivity contribution in [2.45, 2.75) is 19.3 Å². The van der Waals surface area contributed by atoms with Gasteiger partial charge in [0, 0.05) is 37.8 Å². The van der Waals surface area contributed by atoms with Crippen LogP contribution >= 0.6 is 27.5 Å². The van der Waals surface area contributed by atoms with Crippen LogP contribution in [-0.2, 0) is 11.2 Å². The fourth-order valence-corrected chi connectivity index (χ4v) is 4.63. The third-order valence-corrected chi connectivity index (χ3v) is 6.74. The van der Waals surface area contributed by atoms with Crippen molar-refractivity contribution in [2.75, 3.05) is 0 Å². The number of rotatable bonds is 6. The molecule has 2 heterocycles. The molecular weight excluding hydrogens is 540 g/mol. The molecule has 2 aromatic heterocycles. The third-order valence-electron chi connectivity index (χ3n) is 5.98. The molecule has 0 aliphatic rings. The van der Waals surface area contributed by atoms with Crippen molar-refractivity contribution in [2.24, 2.45) is 0 Å². The fourth-order valence-electron chi connectivity index (χ4n) is 4.19. The quantitative estimate of drug-likeness (QED) is 0.205. The average Bonchev–Trinajstić information content (AvgIpc) is 3.25. The van der Waals surface area contributed by atoms with E-state index in [-0.39, 0.29) is 18.2 Å². The van der Waals surface area contributed by atoms with Gasteiger partial charge in [-0.2, -0.15) is 0 Å². The van der Waals surface area contributed by atoms with Gasteiger partial charge in [0.15, 0.2) is 0 Å². The molecule has 0 radical (unpaired) electrons. The summed E-state index contributed by atoms with van der Waals surface area (Å²) in [5.74, 6) is -0.629. The molecule has 0 unspecified atom stereocenters. The Morgan fingerprint density at radius 3 is 2.58 bits per heavy atom. The Labute approximate surface area is 221 Å². The highest BCUT2D eigenvalue weighted by molar-refractivity contribution is 9.10. The summed E-state index contributed by atoms with van der Waals surface area (Å²) in [4.78, 5) is 33.0. The van der Waals surface area contributed by atoms with Gasteiger partial charge in [0.25, 0.3) is 5.91 Å². The predicted octanol–water partition coefficient (Wildman–Crippen LogP) is 6.58. The lowest BCUT2D eigenvalue weighted by atomic mass is 10.0. The topological polar surface area (TPSA) is 86.9 Å². The van der Waals surface area contributed by atoms with Gasteiger partial charge in [-0.15, -0.1) is 0 Å². The summed E-state index contributed by atoms with van der Waals surface area (Å²) < 4.78 is 0.875. The van der Waals surface area contributed by atoms with E-state index in [4.69, 9.17) is 16.6 Å². The van der Waals surface area contributed by atoms with Crippen LogP contribution in [0.15, 0.2) is 83.3 Å². The maximum absolute atomic E-state index is 12.4. The first kappa shape index (κ1) is 24.0. The molecule has 3 aromatic carbocycles. The lowest BCUT2D eigenvalue weighted by molar-refractivity contribution is -0.121. The molecule has 5 aromatic rings. The Kier molecular flexibility index (Phi) is 7.02. The van der Waals surface area contributed by atoms with Crippen molar-refractivity contribution in [1.82, 2.24) is 20.8 Å². The Morgan fingerprint density at radius 2 is 1.75 bits per heavy atom. The first-order valence-corrected chi connectivity index (χ1v) is 12.7. The number of hydrogen-bond donors (Lipinski definition) is 3. The van der Waals surface area contributed by atoms with Crippen molar-refractivity contribution in [3.05, 3.63) is 99.5 Å². The number of fused-ring (bicyclic) bond motifs is 2. The molecule has 0 saturated carbocycles. The zero-order valence-corrected chi connectivity index (χ0v) is 21.5. The minimum atomic E-state index is -0.369. The van der Waals surface area contributed by atoms with Gasteiger partial charge >= 0.3 is 0 Å². The Hall–Kier alpha value is -3.68. The van der Waals surface area contributed by atoms with E-state index in [1.54, 1.807) is 24.3 Å². The van der Waals surface area contributed by atoms with Crippen molar-refractivity contribution in [1.29, 1.82) is 0 Å². The Bertz CT molecular complexity index is 1580. The molecule has 0 spiro atoms. The Morgan fingerprint density at radius 1 is 0.944 bits per heavy atom. The first-order chi connectivity index (χ1) is 17.5. The lowest BCUT2D eigenvalue weighted by Crippen LogP contribution is -2.41. The number of halogens is 2. The van der Waals surface area contributed by atoms with E-state index < -0.39 is 0 Å². The van der Waals surface area contributed by atoms with E-state index in [2.05, 4.69) is 37.8 Å². The standard InChI is InChI=1S/C28H22BrClN4O2/c29-19-11-8-18(9-12-19)28(36)34-33-26(35)7-3-5-21-22-16-20(30)13-15-24(22)32-27(21)25-14-10-17-4-1-2-6-23(17)31-25/h1-2,4,6,8-16,32H,3,5,7H2,(H,33,35)(H,34,36). The smallest absolute Gasteiger partial charge is 0.269 e. The Balaban J connectivity index is 1.30. The molecule has 0 aliphatic carbocycles. The number of hydrogen-bond acceptors (Lipinski definition) is 3. The molecule has 6 nitrogen and oxygen atoms in total. The highest BCUT2D eigenvalue weighted by Gasteiger charge is 2.16. The fraction of sp³-hybridized carbons (Fsp3) is 0.107. The summed E-state index contributed by atoms with van der Waals surface area (Å²) in [5.41, 5.74) is 10.1. The SMILES string of the molecule is O=C(CCCc1c(-c2ccc3ccccc3n2)[nH]c2ccc(Cl)cc12)NNC(=O)c1ccc(Br)cc1. The molecule has 3 N–H and O–H groups in total. The zero-order chi connectivity index (χ0) is 25.1. The number of hydrazine groups is 1. The van der Waals surface area contributed by atoms with Crippen molar-refractivity contribution in [3.8, 4) is 11.4 Å². The molecule has 0 bridgehead atoms. The van der Waals surface area contributed by atoms with Crippen LogP contribution in [0.1, 0.15) is 28.8 Å². The van der Waals surface area contributed by atoms with E-state index >= 15 is 0 Å². The van der Waals surface area contributed by atoms with Gasteiger partial charge < -0.3 is 4.98 Å². The molecule has 36 heavy (non-hydrogen) atoms. The molecule has 0 atom stereocenters. The molecule has 0 aliphatic heterocycles. The van der Waals surface area contributed by atoms with Crippen LogP contribution in [-0.4, -0.2) is 21.8 Å². The second-order valence-electron chi connectivity index (χ2n) is 8.42. The number of aryl methyl sites for hydroxylation is 1. The summed E-state index contributed by atoms with van der Waals surface area (Å²) in [7, 11) is 0. The largest absolute Gasteiger partial charge is 0.353 e. The van der Waals surface area contributed by atoms with Crippen LogP contribution in [0, 0.1) is 0 Å². The minimum absolute atomic E-state index is 0.248. The zero-order valence-electron chi connectivity index (χ0n) is 19.1. The molecule has 5 rings (SSSR count). The number of H-pyrrole nitrogens is 1. The van der Waals surface area contributed by atoms with Crippen LogP contribution in [0.3, 0.4) is 0 Å². The number of aromatic amines is 1. The van der Waals surface area contributed by atoms with Crippen molar-refractivity contribution in [3.63, 3.8) is 0 Å². The summed E-state index contributed by atoms with van der Waals surface area (Å²) >= 11 is 9.64. The highest BCUT2D eigenvalue weighted by atomic mass is 79.9. The van der Waals surface area contributed by atoms with Gasteiger partial charge in [0.2, 0.25) is 5.91 Å². The number of aromatic nitrogens is 2. The first-order valence-electron chi connectivity index (χ1n) is 11.5. The molecule has 0 fully saturated rings. The van der Waals surface area contributed by atoms with Crippen LogP contribution in [0.2, 0.25) is 5.02 Å². The minimum Gasteiger partial charge on any atom is -0.353 e.